The van der Waals surface area contributed by atoms with E-state index in [1.54, 1.807) is 7.11 Å². The molecule has 0 aliphatic rings. The van der Waals surface area contributed by atoms with Gasteiger partial charge in [0, 0.05) is 23.4 Å². The van der Waals surface area contributed by atoms with Gasteiger partial charge in [-0.3, -0.25) is 4.98 Å². The second kappa shape index (κ2) is 9.04. The molecule has 5 rings (SSSR count). The molecule has 0 radical (unpaired) electrons. The van der Waals surface area contributed by atoms with Crippen molar-refractivity contribution in [2.75, 3.05) is 7.11 Å². The van der Waals surface area contributed by atoms with E-state index >= 15 is 0 Å². The number of aryl methyl sites for hydroxylation is 1. The smallest absolute Gasteiger partial charge is 0.213 e. The van der Waals surface area contributed by atoms with E-state index in [2.05, 4.69) is 61.8 Å². The number of ether oxygens (including phenoxy) is 2. The molecular formula is C25H22N6O2. The number of H-pyrrole nitrogens is 1. The quantitative estimate of drug-likeness (QED) is 0.396. The maximum absolute atomic E-state index is 6.19. The SMILES string of the molecule is CCc1cc(OCc2ccc(-c3ccccc3-c3nn[nH]n3)cc2)c2nc(OC)ccc2n1. The lowest BCUT2D eigenvalue weighted by atomic mass is 9.98. The Morgan fingerprint density at radius 2 is 1.73 bits per heavy atom. The average molecular weight is 438 g/mol. The van der Waals surface area contributed by atoms with Crippen molar-refractivity contribution in [3.05, 3.63) is 78.0 Å². The highest BCUT2D eigenvalue weighted by Gasteiger charge is 2.12. The van der Waals surface area contributed by atoms with Gasteiger partial charge in [0.15, 0.2) is 0 Å². The zero-order valence-electron chi connectivity index (χ0n) is 18.3. The van der Waals surface area contributed by atoms with Crippen molar-refractivity contribution in [2.45, 2.75) is 20.0 Å². The van der Waals surface area contributed by atoms with Crippen LogP contribution in [0, 0.1) is 0 Å². The number of methoxy groups -OCH3 is 1. The lowest BCUT2D eigenvalue weighted by Gasteiger charge is -2.12. The van der Waals surface area contributed by atoms with E-state index in [4.69, 9.17) is 9.47 Å². The summed E-state index contributed by atoms with van der Waals surface area (Å²) in [4.78, 5) is 9.18. The van der Waals surface area contributed by atoms with Gasteiger partial charge in [-0.1, -0.05) is 55.5 Å². The molecule has 1 N–H and O–H groups in total. The van der Waals surface area contributed by atoms with Crippen LogP contribution in [0.25, 0.3) is 33.5 Å². The molecule has 0 amide bonds. The second-order valence-electron chi connectivity index (χ2n) is 7.45. The van der Waals surface area contributed by atoms with Gasteiger partial charge in [0.05, 0.1) is 12.6 Å². The Labute approximate surface area is 190 Å². The zero-order chi connectivity index (χ0) is 22.6. The normalized spacial score (nSPS) is 11.0. The van der Waals surface area contributed by atoms with Crippen LogP contribution in [0.15, 0.2) is 66.7 Å². The molecule has 0 fully saturated rings. The summed E-state index contributed by atoms with van der Waals surface area (Å²) in [6.45, 7) is 2.48. The molecule has 0 bridgehead atoms. The van der Waals surface area contributed by atoms with Crippen LogP contribution < -0.4 is 9.47 Å². The van der Waals surface area contributed by atoms with E-state index < -0.39 is 0 Å². The van der Waals surface area contributed by atoms with Gasteiger partial charge in [-0.15, -0.1) is 10.2 Å². The van der Waals surface area contributed by atoms with Crippen molar-refractivity contribution in [3.63, 3.8) is 0 Å². The zero-order valence-corrected chi connectivity index (χ0v) is 18.3. The number of benzene rings is 2. The molecule has 0 saturated heterocycles. The number of fused-ring (bicyclic) bond motifs is 1. The predicted octanol–water partition coefficient (Wildman–Crippen LogP) is 4.63. The summed E-state index contributed by atoms with van der Waals surface area (Å²) in [7, 11) is 1.60. The fourth-order valence-corrected chi connectivity index (χ4v) is 3.66. The molecule has 164 valence electrons. The highest BCUT2D eigenvalue weighted by Crippen LogP contribution is 2.30. The molecule has 0 unspecified atom stereocenters. The average Bonchev–Trinajstić information content (AvgIpc) is 3.42. The Kier molecular flexibility index (Phi) is 5.63. The largest absolute Gasteiger partial charge is 0.486 e. The maximum Gasteiger partial charge on any atom is 0.213 e. The van der Waals surface area contributed by atoms with Crippen molar-refractivity contribution in [1.82, 2.24) is 30.6 Å². The van der Waals surface area contributed by atoms with Crippen molar-refractivity contribution in [2.24, 2.45) is 0 Å². The molecule has 33 heavy (non-hydrogen) atoms. The molecule has 3 aromatic heterocycles. The van der Waals surface area contributed by atoms with Crippen LogP contribution >= 0.6 is 0 Å². The molecule has 0 spiro atoms. The number of nitrogens with one attached hydrogen (secondary N) is 1. The van der Waals surface area contributed by atoms with Crippen molar-refractivity contribution < 1.29 is 9.47 Å². The molecule has 8 nitrogen and oxygen atoms in total. The minimum absolute atomic E-state index is 0.411. The second-order valence-corrected chi connectivity index (χ2v) is 7.45. The van der Waals surface area contributed by atoms with E-state index in [1.807, 2.05) is 42.5 Å². The Balaban J connectivity index is 1.40. The molecule has 5 aromatic rings. The standard InChI is InChI=1S/C25H22N6O2/c1-3-18-14-22(24-21(26-18)12-13-23(27-24)32-2)33-15-16-8-10-17(11-9-16)19-6-4-5-7-20(19)25-28-30-31-29-25/h4-14H,3,15H2,1-2H3,(H,28,29,30,31). The summed E-state index contributed by atoms with van der Waals surface area (Å²) in [5.74, 6) is 1.79. The topological polar surface area (TPSA) is 98.7 Å². The maximum atomic E-state index is 6.19. The lowest BCUT2D eigenvalue weighted by Crippen LogP contribution is -2.00. The van der Waals surface area contributed by atoms with Crippen LogP contribution in [0.3, 0.4) is 0 Å². The number of pyridine rings is 2. The van der Waals surface area contributed by atoms with E-state index in [1.165, 1.54) is 0 Å². The van der Waals surface area contributed by atoms with Crippen LogP contribution in [-0.2, 0) is 13.0 Å². The van der Waals surface area contributed by atoms with Crippen LogP contribution in [0.2, 0.25) is 0 Å². The van der Waals surface area contributed by atoms with E-state index in [0.29, 0.717) is 29.6 Å². The van der Waals surface area contributed by atoms with Gasteiger partial charge in [-0.05, 0) is 34.4 Å². The molecule has 2 aromatic carbocycles. The summed E-state index contributed by atoms with van der Waals surface area (Å²) < 4.78 is 11.5. The van der Waals surface area contributed by atoms with Crippen LogP contribution in [0.5, 0.6) is 11.6 Å². The van der Waals surface area contributed by atoms with Crippen LogP contribution in [0.4, 0.5) is 0 Å². The van der Waals surface area contributed by atoms with Gasteiger partial charge in [0.25, 0.3) is 0 Å². The highest BCUT2D eigenvalue weighted by molar-refractivity contribution is 5.82. The minimum atomic E-state index is 0.411. The molecule has 0 saturated carbocycles. The van der Waals surface area contributed by atoms with Crippen molar-refractivity contribution >= 4 is 11.0 Å². The molecule has 0 aliphatic heterocycles. The van der Waals surface area contributed by atoms with Gasteiger partial charge < -0.3 is 9.47 Å². The minimum Gasteiger partial charge on any atom is -0.486 e. The molecule has 3 heterocycles. The van der Waals surface area contributed by atoms with Crippen molar-refractivity contribution in [1.29, 1.82) is 0 Å². The number of tetrazole rings is 1. The van der Waals surface area contributed by atoms with Gasteiger partial charge in [-0.25, -0.2) is 4.98 Å². The third kappa shape index (κ3) is 4.23. The summed E-state index contributed by atoms with van der Waals surface area (Å²) in [5.41, 5.74) is 6.50. The summed E-state index contributed by atoms with van der Waals surface area (Å²) in [6.07, 6.45) is 0.812. The third-order valence-electron chi connectivity index (χ3n) is 5.39. The number of aromatic amines is 1. The first-order valence-electron chi connectivity index (χ1n) is 10.6. The Bertz CT molecular complexity index is 1380. The van der Waals surface area contributed by atoms with E-state index in [0.717, 1.165) is 39.9 Å². The first kappa shape index (κ1) is 20.6. The summed E-state index contributed by atoms with van der Waals surface area (Å²) in [6, 6.07) is 21.9. The predicted molar refractivity (Wildman–Crippen MR) is 125 cm³/mol. The fraction of sp³-hybridized carbons (Fsp3) is 0.160. The lowest BCUT2D eigenvalue weighted by molar-refractivity contribution is 0.308. The fourth-order valence-electron chi connectivity index (χ4n) is 3.66. The van der Waals surface area contributed by atoms with Crippen LogP contribution in [-0.4, -0.2) is 37.7 Å². The molecular weight excluding hydrogens is 416 g/mol. The van der Waals surface area contributed by atoms with Gasteiger partial charge in [-0.2, -0.15) is 5.21 Å². The number of hydrogen-bond donors (Lipinski definition) is 1. The Hall–Kier alpha value is -4.33. The highest BCUT2D eigenvalue weighted by atomic mass is 16.5. The van der Waals surface area contributed by atoms with Crippen LogP contribution in [0.1, 0.15) is 18.2 Å². The van der Waals surface area contributed by atoms with Gasteiger partial charge >= 0.3 is 0 Å². The summed E-state index contributed by atoms with van der Waals surface area (Å²) in [5, 5.41) is 14.4. The number of rotatable bonds is 7. The monoisotopic (exact) mass is 438 g/mol. The number of hydrogen-bond acceptors (Lipinski definition) is 7. The van der Waals surface area contributed by atoms with E-state index in [-0.39, 0.29) is 0 Å². The molecule has 0 aliphatic carbocycles. The van der Waals surface area contributed by atoms with Crippen molar-refractivity contribution in [3.8, 4) is 34.1 Å². The Morgan fingerprint density at radius 1 is 0.909 bits per heavy atom. The number of nitrogens with zero attached hydrogens (tertiary/aromatic N) is 5. The summed E-state index contributed by atoms with van der Waals surface area (Å²) >= 11 is 0. The first-order chi connectivity index (χ1) is 16.2. The molecule has 0 atom stereocenters. The number of aromatic nitrogens is 6. The van der Waals surface area contributed by atoms with E-state index in [9.17, 15) is 0 Å². The molecule has 8 heteroatoms. The van der Waals surface area contributed by atoms with Gasteiger partial charge in [0.1, 0.15) is 17.9 Å². The van der Waals surface area contributed by atoms with Gasteiger partial charge in [0.2, 0.25) is 11.7 Å². The Morgan fingerprint density at radius 3 is 2.45 bits per heavy atom. The first-order valence-corrected chi connectivity index (χ1v) is 10.6. The third-order valence-corrected chi connectivity index (χ3v) is 5.39.